The standard InChI is InChI=1S/C28H31FN4O2/c1-18(2)22-11-13-30-15-20(22)16-32-27-24(9-6-10-25(27)35-4)33(28(32)34)21-12-14-31(17-21)26-19(3)7-5-8-23(26)29/h5-11,13,15,18,21H,12,14,16-17H2,1-4H3/t21-/m1/s1. The van der Waals surface area contributed by atoms with Crippen LogP contribution in [-0.4, -0.2) is 34.3 Å². The molecule has 35 heavy (non-hydrogen) atoms. The minimum Gasteiger partial charge on any atom is -0.494 e. The van der Waals surface area contributed by atoms with Gasteiger partial charge in [-0.1, -0.05) is 32.0 Å². The number of pyridine rings is 1. The van der Waals surface area contributed by atoms with E-state index in [1.807, 2.05) is 48.0 Å². The van der Waals surface area contributed by atoms with Gasteiger partial charge in [0, 0.05) is 25.5 Å². The Morgan fingerprint density at radius 2 is 1.97 bits per heavy atom. The predicted octanol–water partition coefficient (Wildman–Crippen LogP) is 5.28. The Balaban J connectivity index is 1.61. The topological polar surface area (TPSA) is 52.3 Å². The second-order valence-electron chi connectivity index (χ2n) is 9.59. The molecule has 1 atom stereocenters. The molecular formula is C28H31FN4O2. The molecule has 0 bridgehead atoms. The van der Waals surface area contributed by atoms with E-state index in [4.69, 9.17) is 4.74 Å². The molecule has 6 nitrogen and oxygen atoms in total. The first-order valence-electron chi connectivity index (χ1n) is 12.1. The van der Waals surface area contributed by atoms with Crippen molar-refractivity contribution in [1.29, 1.82) is 0 Å². The van der Waals surface area contributed by atoms with Crippen molar-refractivity contribution in [2.45, 2.75) is 45.7 Å². The number of benzene rings is 2. The second-order valence-corrected chi connectivity index (χ2v) is 9.59. The third-order valence-electron chi connectivity index (χ3n) is 7.09. The van der Waals surface area contributed by atoms with E-state index in [-0.39, 0.29) is 17.5 Å². The van der Waals surface area contributed by atoms with E-state index in [2.05, 4.69) is 23.7 Å². The van der Waals surface area contributed by atoms with Gasteiger partial charge in [-0.25, -0.2) is 9.18 Å². The molecule has 0 amide bonds. The molecule has 0 radical (unpaired) electrons. The first-order chi connectivity index (χ1) is 16.9. The van der Waals surface area contributed by atoms with Crippen molar-refractivity contribution in [3.05, 3.63) is 87.9 Å². The molecule has 4 aromatic rings. The molecule has 7 heteroatoms. The van der Waals surface area contributed by atoms with Crippen LogP contribution in [0.4, 0.5) is 10.1 Å². The van der Waals surface area contributed by atoms with Crippen LogP contribution < -0.4 is 15.3 Å². The summed E-state index contributed by atoms with van der Waals surface area (Å²) in [5, 5.41) is 0. The molecular weight excluding hydrogens is 443 g/mol. The zero-order valence-electron chi connectivity index (χ0n) is 20.7. The number of nitrogens with zero attached hydrogens (tertiary/aromatic N) is 4. The minimum absolute atomic E-state index is 0.0733. The third-order valence-corrected chi connectivity index (χ3v) is 7.09. The van der Waals surface area contributed by atoms with Gasteiger partial charge in [-0.15, -0.1) is 0 Å². The molecule has 1 aliphatic heterocycles. The largest absolute Gasteiger partial charge is 0.494 e. The van der Waals surface area contributed by atoms with E-state index in [0.717, 1.165) is 28.6 Å². The summed E-state index contributed by atoms with van der Waals surface area (Å²) in [6.45, 7) is 7.88. The normalized spacial score (nSPS) is 15.9. The van der Waals surface area contributed by atoms with Crippen molar-refractivity contribution in [3.8, 4) is 5.75 Å². The van der Waals surface area contributed by atoms with Crippen LogP contribution in [0.25, 0.3) is 11.0 Å². The van der Waals surface area contributed by atoms with E-state index < -0.39 is 0 Å². The number of halogens is 1. The summed E-state index contributed by atoms with van der Waals surface area (Å²) in [6, 6.07) is 12.9. The summed E-state index contributed by atoms with van der Waals surface area (Å²) in [7, 11) is 1.63. The third kappa shape index (κ3) is 3.99. The number of hydrogen-bond acceptors (Lipinski definition) is 4. The van der Waals surface area contributed by atoms with Crippen molar-refractivity contribution < 1.29 is 9.13 Å². The molecule has 2 aromatic carbocycles. The lowest BCUT2D eigenvalue weighted by molar-refractivity contribution is 0.417. The van der Waals surface area contributed by atoms with Gasteiger partial charge in [-0.2, -0.15) is 0 Å². The van der Waals surface area contributed by atoms with Gasteiger partial charge in [0.25, 0.3) is 0 Å². The maximum atomic E-state index is 14.7. The Morgan fingerprint density at radius 1 is 1.17 bits per heavy atom. The predicted molar refractivity (Wildman–Crippen MR) is 137 cm³/mol. The number of fused-ring (bicyclic) bond motifs is 1. The quantitative estimate of drug-likeness (QED) is 0.382. The second kappa shape index (κ2) is 9.21. The lowest BCUT2D eigenvalue weighted by atomic mass is 9.99. The van der Waals surface area contributed by atoms with E-state index >= 15 is 0 Å². The van der Waals surface area contributed by atoms with Crippen molar-refractivity contribution in [2.75, 3.05) is 25.1 Å². The average Bonchev–Trinajstić information content (AvgIpc) is 3.41. The summed E-state index contributed by atoms with van der Waals surface area (Å²) >= 11 is 0. The zero-order chi connectivity index (χ0) is 24.7. The Kier molecular flexibility index (Phi) is 6.09. The number of anilines is 1. The first kappa shape index (κ1) is 23.1. The highest BCUT2D eigenvalue weighted by atomic mass is 19.1. The summed E-state index contributed by atoms with van der Waals surface area (Å²) in [5.41, 5.74) is 5.25. The van der Waals surface area contributed by atoms with Crippen LogP contribution in [0.15, 0.2) is 59.7 Å². The van der Waals surface area contributed by atoms with Crippen LogP contribution in [-0.2, 0) is 6.54 Å². The highest BCUT2D eigenvalue weighted by molar-refractivity contribution is 5.83. The molecule has 1 aliphatic rings. The van der Waals surface area contributed by atoms with Crippen molar-refractivity contribution >= 4 is 16.7 Å². The fraction of sp³-hybridized carbons (Fsp3) is 0.357. The van der Waals surface area contributed by atoms with Gasteiger partial charge in [0.05, 0.1) is 30.9 Å². The summed E-state index contributed by atoms with van der Waals surface area (Å²) in [5.74, 6) is 0.749. The maximum absolute atomic E-state index is 14.7. The van der Waals surface area contributed by atoms with Crippen LogP contribution in [0.2, 0.25) is 0 Å². The van der Waals surface area contributed by atoms with Gasteiger partial charge < -0.3 is 9.64 Å². The highest BCUT2D eigenvalue weighted by Gasteiger charge is 2.31. The molecule has 0 saturated carbocycles. The van der Waals surface area contributed by atoms with E-state index in [9.17, 15) is 9.18 Å². The smallest absolute Gasteiger partial charge is 0.329 e. The molecule has 3 heterocycles. The lowest BCUT2D eigenvalue weighted by Gasteiger charge is -2.21. The van der Waals surface area contributed by atoms with Crippen molar-refractivity contribution in [2.24, 2.45) is 0 Å². The number of rotatable bonds is 6. The Hall–Kier alpha value is -3.61. The average molecular weight is 475 g/mol. The van der Waals surface area contributed by atoms with Gasteiger partial charge in [0.1, 0.15) is 17.1 Å². The van der Waals surface area contributed by atoms with Gasteiger partial charge >= 0.3 is 5.69 Å². The molecule has 182 valence electrons. The monoisotopic (exact) mass is 474 g/mol. The van der Waals surface area contributed by atoms with Gasteiger partial charge in [0.15, 0.2) is 0 Å². The van der Waals surface area contributed by atoms with Gasteiger partial charge in [-0.3, -0.25) is 14.1 Å². The van der Waals surface area contributed by atoms with Crippen LogP contribution in [0.5, 0.6) is 5.75 Å². The van der Waals surface area contributed by atoms with Crippen LogP contribution in [0, 0.1) is 12.7 Å². The molecule has 2 aromatic heterocycles. The fourth-order valence-electron chi connectivity index (χ4n) is 5.45. The molecule has 0 spiro atoms. The molecule has 0 N–H and O–H groups in total. The molecule has 0 unspecified atom stereocenters. The summed E-state index contributed by atoms with van der Waals surface area (Å²) < 4.78 is 24.0. The van der Waals surface area contributed by atoms with E-state index in [1.165, 1.54) is 11.6 Å². The first-order valence-corrected chi connectivity index (χ1v) is 12.1. The zero-order valence-corrected chi connectivity index (χ0v) is 20.7. The van der Waals surface area contributed by atoms with Gasteiger partial charge in [0.2, 0.25) is 0 Å². The Labute approximate surface area is 204 Å². The maximum Gasteiger partial charge on any atom is 0.329 e. The SMILES string of the molecule is COc1cccc2c1n(Cc1cnccc1C(C)C)c(=O)n2[C@@H]1CCN(c2c(C)cccc2F)C1. The summed E-state index contributed by atoms with van der Waals surface area (Å²) in [6.07, 6.45) is 4.40. The van der Waals surface area contributed by atoms with Crippen molar-refractivity contribution in [1.82, 2.24) is 14.1 Å². The number of imidazole rings is 1. The highest BCUT2D eigenvalue weighted by Crippen LogP contribution is 2.34. The molecule has 1 saturated heterocycles. The van der Waals surface area contributed by atoms with Crippen LogP contribution in [0.1, 0.15) is 48.9 Å². The lowest BCUT2D eigenvalue weighted by Crippen LogP contribution is -2.30. The van der Waals surface area contributed by atoms with Gasteiger partial charge in [-0.05, 0) is 60.2 Å². The number of ether oxygens (including phenoxy) is 1. The Morgan fingerprint density at radius 3 is 2.71 bits per heavy atom. The van der Waals surface area contributed by atoms with E-state index in [0.29, 0.717) is 37.0 Å². The molecule has 5 rings (SSSR count). The number of aryl methyl sites for hydroxylation is 1. The number of para-hydroxylation sites is 2. The molecule has 1 fully saturated rings. The number of aromatic nitrogens is 3. The number of methoxy groups -OCH3 is 1. The number of hydrogen-bond donors (Lipinski definition) is 0. The molecule has 0 aliphatic carbocycles. The van der Waals surface area contributed by atoms with Crippen LogP contribution >= 0.6 is 0 Å². The Bertz CT molecular complexity index is 1420. The minimum atomic E-state index is -0.222. The summed E-state index contributed by atoms with van der Waals surface area (Å²) in [4.78, 5) is 20.3. The van der Waals surface area contributed by atoms with Crippen LogP contribution in [0.3, 0.4) is 0 Å². The van der Waals surface area contributed by atoms with E-state index in [1.54, 1.807) is 23.9 Å². The van der Waals surface area contributed by atoms with Crippen molar-refractivity contribution in [3.63, 3.8) is 0 Å². The fourth-order valence-corrected chi connectivity index (χ4v) is 5.45.